The highest BCUT2D eigenvalue weighted by Crippen LogP contribution is 2.34. The molecule has 0 saturated heterocycles. The number of rotatable bonds is 4. The fraction of sp³-hybridized carbons (Fsp3) is 0.211. The first-order valence-corrected chi connectivity index (χ1v) is 8.55. The normalized spacial score (nSPS) is 13.7. The zero-order valence-corrected chi connectivity index (χ0v) is 14.5. The van der Waals surface area contributed by atoms with Gasteiger partial charge in [-0.1, -0.05) is 23.7 Å². The van der Waals surface area contributed by atoms with Gasteiger partial charge in [0.15, 0.2) is 0 Å². The van der Waals surface area contributed by atoms with Crippen molar-refractivity contribution in [2.45, 2.75) is 18.9 Å². The maximum atomic E-state index is 12.6. The van der Waals surface area contributed by atoms with Gasteiger partial charge in [0.25, 0.3) is 5.91 Å². The second-order valence-corrected chi connectivity index (χ2v) is 6.62. The van der Waals surface area contributed by atoms with Crippen LogP contribution in [-0.2, 0) is 0 Å². The van der Waals surface area contributed by atoms with Crippen molar-refractivity contribution in [3.05, 3.63) is 65.4 Å². The highest BCUT2D eigenvalue weighted by molar-refractivity contribution is 6.30. The molecule has 0 spiro atoms. The molecule has 1 aliphatic rings. The van der Waals surface area contributed by atoms with Gasteiger partial charge in [-0.3, -0.25) is 14.4 Å². The number of benzene rings is 1. The van der Waals surface area contributed by atoms with Crippen molar-refractivity contribution in [1.29, 1.82) is 0 Å². The fourth-order valence-electron chi connectivity index (χ4n) is 2.68. The quantitative estimate of drug-likeness (QED) is 0.706. The third-order valence-corrected chi connectivity index (χ3v) is 4.54. The van der Waals surface area contributed by atoms with Crippen LogP contribution in [0.25, 0.3) is 11.3 Å². The molecule has 0 bridgehead atoms. The van der Waals surface area contributed by atoms with Crippen molar-refractivity contribution in [1.82, 2.24) is 14.8 Å². The van der Waals surface area contributed by atoms with Gasteiger partial charge < -0.3 is 0 Å². The van der Waals surface area contributed by atoms with Gasteiger partial charge in [0.2, 0.25) is 0 Å². The Kier molecular flexibility index (Phi) is 4.01. The van der Waals surface area contributed by atoms with Gasteiger partial charge in [-0.05, 0) is 43.2 Å². The monoisotopic (exact) mass is 352 g/mol. The third kappa shape index (κ3) is 3.28. The van der Waals surface area contributed by atoms with Crippen LogP contribution in [-0.4, -0.2) is 27.7 Å². The van der Waals surface area contributed by atoms with E-state index in [1.807, 2.05) is 41.2 Å². The zero-order valence-electron chi connectivity index (χ0n) is 13.8. The van der Waals surface area contributed by atoms with Crippen LogP contribution in [0, 0.1) is 0 Å². The minimum Gasteiger partial charge on any atom is -0.296 e. The Morgan fingerprint density at radius 3 is 2.56 bits per heavy atom. The van der Waals surface area contributed by atoms with Gasteiger partial charge in [0.1, 0.15) is 5.82 Å². The van der Waals surface area contributed by atoms with Crippen LogP contribution in [0.2, 0.25) is 5.02 Å². The summed E-state index contributed by atoms with van der Waals surface area (Å²) >= 11 is 5.84. The lowest BCUT2D eigenvalue weighted by molar-refractivity contribution is 0.0992. The number of amides is 1. The molecule has 1 fully saturated rings. The van der Waals surface area contributed by atoms with E-state index in [9.17, 15) is 4.79 Å². The lowest BCUT2D eigenvalue weighted by atomic mass is 10.1. The van der Waals surface area contributed by atoms with Crippen molar-refractivity contribution in [2.75, 3.05) is 11.9 Å². The van der Waals surface area contributed by atoms with E-state index in [1.165, 1.54) is 23.9 Å². The molecule has 0 atom stereocenters. The Morgan fingerprint density at radius 2 is 1.92 bits per heavy atom. The van der Waals surface area contributed by atoms with Gasteiger partial charge in [-0.25, -0.2) is 4.98 Å². The standard InChI is InChI=1S/C19H17ClN4O/c1-23(18-9-6-15(20)12-21-18)19(25)14-4-2-13(3-5-14)17-10-11-24(22-17)16-7-8-16/h2-6,9-12,16H,7-8H2,1H3. The molecule has 0 radical (unpaired) electrons. The van der Waals surface area contributed by atoms with Crippen LogP contribution in [0.1, 0.15) is 29.2 Å². The number of nitrogens with zero attached hydrogens (tertiary/aromatic N) is 4. The molecular formula is C19H17ClN4O. The van der Waals surface area contributed by atoms with Crippen LogP contribution in [0.4, 0.5) is 5.82 Å². The summed E-state index contributed by atoms with van der Waals surface area (Å²) in [6, 6.07) is 13.5. The van der Waals surface area contributed by atoms with Crippen molar-refractivity contribution in [3.8, 4) is 11.3 Å². The minimum atomic E-state index is -0.120. The maximum Gasteiger partial charge on any atom is 0.259 e. The molecule has 4 rings (SSSR count). The Hall–Kier alpha value is -2.66. The summed E-state index contributed by atoms with van der Waals surface area (Å²) in [6.45, 7) is 0. The van der Waals surface area contributed by atoms with Crippen LogP contribution in [0.15, 0.2) is 54.9 Å². The molecule has 0 N–H and O–H groups in total. The van der Waals surface area contributed by atoms with E-state index < -0.39 is 0 Å². The number of aromatic nitrogens is 3. The molecule has 2 aromatic heterocycles. The second-order valence-electron chi connectivity index (χ2n) is 6.19. The first-order valence-electron chi connectivity index (χ1n) is 8.17. The van der Waals surface area contributed by atoms with E-state index >= 15 is 0 Å². The van der Waals surface area contributed by atoms with E-state index in [2.05, 4.69) is 10.1 Å². The third-order valence-electron chi connectivity index (χ3n) is 4.32. The zero-order chi connectivity index (χ0) is 17.4. The van der Waals surface area contributed by atoms with E-state index in [0.717, 1.165) is 11.3 Å². The fourth-order valence-corrected chi connectivity index (χ4v) is 2.79. The Labute approximate surface area is 150 Å². The van der Waals surface area contributed by atoms with Gasteiger partial charge >= 0.3 is 0 Å². The predicted molar refractivity (Wildman–Crippen MR) is 97.9 cm³/mol. The average molecular weight is 353 g/mol. The van der Waals surface area contributed by atoms with Crippen LogP contribution < -0.4 is 4.90 Å². The average Bonchev–Trinajstić information content (AvgIpc) is 3.38. The van der Waals surface area contributed by atoms with Crippen molar-refractivity contribution < 1.29 is 4.79 Å². The van der Waals surface area contributed by atoms with Gasteiger partial charge in [0, 0.05) is 30.6 Å². The molecule has 1 aliphatic carbocycles. The van der Waals surface area contributed by atoms with Crippen molar-refractivity contribution in [3.63, 3.8) is 0 Å². The van der Waals surface area contributed by atoms with Gasteiger partial charge in [0.05, 0.1) is 16.8 Å². The number of anilines is 1. The van der Waals surface area contributed by atoms with Crippen LogP contribution >= 0.6 is 11.6 Å². The molecule has 2 heterocycles. The summed E-state index contributed by atoms with van der Waals surface area (Å²) < 4.78 is 2.02. The second kappa shape index (κ2) is 6.33. The first-order chi connectivity index (χ1) is 12.1. The maximum absolute atomic E-state index is 12.6. The highest BCUT2D eigenvalue weighted by atomic mass is 35.5. The molecule has 0 aliphatic heterocycles. The first kappa shape index (κ1) is 15.8. The molecule has 3 aromatic rings. The number of hydrogen-bond donors (Lipinski definition) is 0. The Bertz CT molecular complexity index is 898. The van der Waals surface area contributed by atoms with Gasteiger partial charge in [-0.2, -0.15) is 5.10 Å². The summed E-state index contributed by atoms with van der Waals surface area (Å²) in [5.74, 6) is 0.437. The van der Waals surface area contributed by atoms with E-state index in [1.54, 1.807) is 19.2 Å². The topological polar surface area (TPSA) is 51.0 Å². The van der Waals surface area contributed by atoms with E-state index in [-0.39, 0.29) is 5.91 Å². The van der Waals surface area contributed by atoms with Crippen LogP contribution in [0.5, 0.6) is 0 Å². The van der Waals surface area contributed by atoms with Gasteiger partial charge in [-0.15, -0.1) is 0 Å². The number of carbonyl (C=O) groups excluding carboxylic acids is 1. The molecule has 1 amide bonds. The summed E-state index contributed by atoms with van der Waals surface area (Å²) in [5.41, 5.74) is 2.53. The summed E-state index contributed by atoms with van der Waals surface area (Å²) in [6.07, 6.45) is 5.96. The van der Waals surface area contributed by atoms with Crippen LogP contribution in [0.3, 0.4) is 0 Å². The number of hydrogen-bond acceptors (Lipinski definition) is 3. The number of pyridine rings is 1. The number of halogens is 1. The summed E-state index contributed by atoms with van der Waals surface area (Å²) in [5, 5.41) is 5.15. The molecule has 6 heteroatoms. The lowest BCUT2D eigenvalue weighted by Crippen LogP contribution is -2.26. The SMILES string of the molecule is CN(C(=O)c1ccc(-c2ccn(C3CC3)n2)cc1)c1ccc(Cl)cn1. The highest BCUT2D eigenvalue weighted by Gasteiger charge is 2.24. The minimum absolute atomic E-state index is 0.120. The van der Waals surface area contributed by atoms with E-state index in [4.69, 9.17) is 11.6 Å². The molecule has 25 heavy (non-hydrogen) atoms. The molecule has 1 aromatic carbocycles. The predicted octanol–water partition coefficient (Wildman–Crippen LogP) is 4.21. The molecule has 1 saturated carbocycles. The smallest absolute Gasteiger partial charge is 0.259 e. The molecule has 126 valence electrons. The van der Waals surface area contributed by atoms with Crippen molar-refractivity contribution in [2.24, 2.45) is 0 Å². The lowest BCUT2D eigenvalue weighted by Gasteiger charge is -2.16. The Morgan fingerprint density at radius 1 is 1.16 bits per heavy atom. The number of carbonyl (C=O) groups is 1. The Balaban J connectivity index is 1.52. The molecular weight excluding hydrogens is 336 g/mol. The summed E-state index contributed by atoms with van der Waals surface area (Å²) in [7, 11) is 1.70. The van der Waals surface area contributed by atoms with Crippen molar-refractivity contribution >= 4 is 23.3 Å². The molecule has 0 unspecified atom stereocenters. The molecule has 5 nitrogen and oxygen atoms in total. The summed E-state index contributed by atoms with van der Waals surface area (Å²) in [4.78, 5) is 18.3. The van der Waals surface area contributed by atoms with E-state index in [0.29, 0.717) is 22.4 Å². The largest absolute Gasteiger partial charge is 0.296 e.